The summed E-state index contributed by atoms with van der Waals surface area (Å²) >= 11 is 0. The van der Waals surface area contributed by atoms with Gasteiger partial charge in [0, 0.05) is 5.56 Å². The second-order valence-corrected chi connectivity index (χ2v) is 9.09. The van der Waals surface area contributed by atoms with Crippen LogP contribution >= 0.6 is 0 Å². The van der Waals surface area contributed by atoms with Gasteiger partial charge in [0.25, 0.3) is 0 Å². The predicted molar refractivity (Wildman–Crippen MR) is 110 cm³/mol. The van der Waals surface area contributed by atoms with E-state index in [9.17, 15) is 8.42 Å². The van der Waals surface area contributed by atoms with Crippen molar-refractivity contribution in [2.24, 2.45) is 0 Å². The third kappa shape index (κ3) is 3.76. The summed E-state index contributed by atoms with van der Waals surface area (Å²) < 4.78 is 33.2. The van der Waals surface area contributed by atoms with Gasteiger partial charge in [-0.05, 0) is 35.0 Å². The molecule has 6 heteroatoms. The Morgan fingerprint density at radius 2 is 1.61 bits per heavy atom. The molecule has 1 fully saturated rings. The standard InChI is InChI=1S/C22H24N2O3S/c1-27-22-9-5-4-8-20(22)17-23-12-14-24(15-13-23)28(25,26)21-11-10-18-6-2-3-7-19(18)16-21/h2-11,16H,12-15,17H2,1H3/p+1. The van der Waals surface area contributed by atoms with Gasteiger partial charge >= 0.3 is 0 Å². The zero-order chi connectivity index (χ0) is 19.6. The average molecular weight is 398 g/mol. The lowest BCUT2D eigenvalue weighted by atomic mass is 10.1. The molecule has 0 bridgehead atoms. The maximum Gasteiger partial charge on any atom is 0.243 e. The second-order valence-electron chi connectivity index (χ2n) is 7.15. The summed E-state index contributed by atoms with van der Waals surface area (Å²) in [5, 5.41) is 2.00. The van der Waals surface area contributed by atoms with Gasteiger partial charge < -0.3 is 9.64 Å². The minimum Gasteiger partial charge on any atom is -0.496 e. The van der Waals surface area contributed by atoms with E-state index in [4.69, 9.17) is 4.74 Å². The molecule has 0 saturated carbocycles. The van der Waals surface area contributed by atoms with E-state index in [1.165, 1.54) is 4.90 Å². The number of nitrogens with one attached hydrogen (secondary N) is 1. The van der Waals surface area contributed by atoms with E-state index in [0.717, 1.165) is 41.7 Å². The van der Waals surface area contributed by atoms with Crippen molar-refractivity contribution in [3.8, 4) is 5.75 Å². The van der Waals surface area contributed by atoms with Crippen LogP contribution in [0.3, 0.4) is 0 Å². The van der Waals surface area contributed by atoms with Crippen LogP contribution < -0.4 is 9.64 Å². The maximum atomic E-state index is 13.1. The molecule has 0 radical (unpaired) electrons. The zero-order valence-electron chi connectivity index (χ0n) is 16.0. The van der Waals surface area contributed by atoms with Gasteiger partial charge in [-0.2, -0.15) is 4.31 Å². The fraction of sp³-hybridized carbons (Fsp3) is 0.273. The molecule has 3 aromatic carbocycles. The Kier molecular flexibility index (Phi) is 5.35. The minimum atomic E-state index is -3.47. The molecule has 0 spiro atoms. The quantitative estimate of drug-likeness (QED) is 0.716. The van der Waals surface area contributed by atoms with E-state index in [1.807, 2.05) is 48.5 Å². The van der Waals surface area contributed by atoms with Crippen LogP contribution in [0.25, 0.3) is 10.8 Å². The average Bonchev–Trinajstić information content (AvgIpc) is 2.74. The molecule has 1 aliphatic rings. The lowest BCUT2D eigenvalue weighted by molar-refractivity contribution is -0.917. The lowest BCUT2D eigenvalue weighted by Gasteiger charge is -2.31. The molecule has 5 nitrogen and oxygen atoms in total. The molecule has 4 rings (SSSR count). The number of nitrogens with zero attached hydrogens (tertiary/aromatic N) is 1. The molecule has 1 aliphatic heterocycles. The first-order valence-electron chi connectivity index (χ1n) is 9.52. The molecule has 0 aliphatic carbocycles. The highest BCUT2D eigenvalue weighted by atomic mass is 32.2. The van der Waals surface area contributed by atoms with Crippen LogP contribution in [0.4, 0.5) is 0 Å². The van der Waals surface area contributed by atoms with Crippen molar-refractivity contribution in [1.82, 2.24) is 4.31 Å². The highest BCUT2D eigenvalue weighted by Crippen LogP contribution is 2.22. The van der Waals surface area contributed by atoms with Gasteiger partial charge in [-0.3, -0.25) is 0 Å². The third-order valence-electron chi connectivity index (χ3n) is 5.42. The first-order chi connectivity index (χ1) is 13.6. The van der Waals surface area contributed by atoms with Crippen LogP contribution in [-0.4, -0.2) is 46.0 Å². The van der Waals surface area contributed by atoms with Crippen LogP contribution in [0, 0.1) is 0 Å². The molecule has 28 heavy (non-hydrogen) atoms. The summed E-state index contributed by atoms with van der Waals surface area (Å²) in [6.07, 6.45) is 0. The van der Waals surface area contributed by atoms with Crippen LogP contribution in [-0.2, 0) is 16.6 Å². The fourth-order valence-electron chi connectivity index (χ4n) is 3.81. The van der Waals surface area contributed by atoms with Crippen molar-refractivity contribution in [3.63, 3.8) is 0 Å². The van der Waals surface area contributed by atoms with E-state index in [-0.39, 0.29) is 0 Å². The summed E-state index contributed by atoms with van der Waals surface area (Å²) in [7, 11) is -1.78. The summed E-state index contributed by atoms with van der Waals surface area (Å²) in [6.45, 7) is 3.46. The van der Waals surface area contributed by atoms with E-state index >= 15 is 0 Å². The summed E-state index contributed by atoms with van der Waals surface area (Å²) in [5.74, 6) is 0.890. The number of quaternary nitrogens is 1. The number of piperazine rings is 1. The largest absolute Gasteiger partial charge is 0.496 e. The van der Waals surface area contributed by atoms with Crippen LogP contribution in [0.2, 0.25) is 0 Å². The molecule has 146 valence electrons. The number of sulfonamides is 1. The van der Waals surface area contributed by atoms with Crippen molar-refractivity contribution in [2.75, 3.05) is 33.3 Å². The number of hydrogen-bond donors (Lipinski definition) is 1. The van der Waals surface area contributed by atoms with Crippen molar-refractivity contribution in [2.45, 2.75) is 11.4 Å². The number of fused-ring (bicyclic) bond motifs is 1. The smallest absolute Gasteiger partial charge is 0.243 e. The Balaban J connectivity index is 1.46. The van der Waals surface area contributed by atoms with Gasteiger partial charge in [-0.1, -0.05) is 42.5 Å². The van der Waals surface area contributed by atoms with Crippen molar-refractivity contribution in [1.29, 1.82) is 0 Å². The fourth-order valence-corrected chi connectivity index (χ4v) is 5.29. The third-order valence-corrected chi connectivity index (χ3v) is 7.32. The topological polar surface area (TPSA) is 51.1 Å². The van der Waals surface area contributed by atoms with Crippen LogP contribution in [0.1, 0.15) is 5.56 Å². The predicted octanol–water partition coefficient (Wildman–Crippen LogP) is 1.94. The number of benzene rings is 3. The monoisotopic (exact) mass is 397 g/mol. The number of para-hydroxylation sites is 1. The van der Waals surface area contributed by atoms with Crippen molar-refractivity contribution in [3.05, 3.63) is 72.3 Å². The Morgan fingerprint density at radius 1 is 0.929 bits per heavy atom. The SMILES string of the molecule is COc1ccccc1C[NH+]1CCN(S(=O)(=O)c2ccc3ccccc3c2)CC1. The lowest BCUT2D eigenvalue weighted by Crippen LogP contribution is -3.13. The van der Waals surface area contributed by atoms with Gasteiger partial charge in [0.05, 0.1) is 38.2 Å². The first-order valence-corrected chi connectivity index (χ1v) is 11.0. The Morgan fingerprint density at radius 3 is 2.36 bits per heavy atom. The second kappa shape index (κ2) is 7.91. The van der Waals surface area contributed by atoms with Gasteiger partial charge in [0.15, 0.2) is 0 Å². The van der Waals surface area contributed by atoms with Gasteiger partial charge in [-0.15, -0.1) is 0 Å². The van der Waals surface area contributed by atoms with Gasteiger partial charge in [-0.25, -0.2) is 8.42 Å². The molecule has 0 amide bonds. The number of hydrogen-bond acceptors (Lipinski definition) is 3. The zero-order valence-corrected chi connectivity index (χ0v) is 16.8. The summed E-state index contributed by atoms with van der Waals surface area (Å²) in [4.78, 5) is 1.74. The maximum absolute atomic E-state index is 13.1. The Labute approximate surface area is 166 Å². The molecule has 0 atom stereocenters. The summed E-state index contributed by atoms with van der Waals surface area (Å²) in [6, 6.07) is 21.2. The van der Waals surface area contributed by atoms with E-state index in [2.05, 4.69) is 6.07 Å². The Bertz CT molecular complexity index is 1070. The highest BCUT2D eigenvalue weighted by Gasteiger charge is 2.30. The molecule has 3 aromatic rings. The van der Waals surface area contributed by atoms with E-state index in [0.29, 0.717) is 18.0 Å². The van der Waals surface area contributed by atoms with E-state index in [1.54, 1.807) is 23.5 Å². The van der Waals surface area contributed by atoms with Gasteiger partial charge in [0.2, 0.25) is 10.0 Å². The molecular weight excluding hydrogens is 372 g/mol. The molecular formula is C22H25N2O3S+. The van der Waals surface area contributed by atoms with Crippen LogP contribution in [0.5, 0.6) is 5.75 Å². The Hall–Kier alpha value is -2.41. The molecule has 1 heterocycles. The van der Waals surface area contributed by atoms with Crippen molar-refractivity contribution < 1.29 is 18.1 Å². The summed E-state index contributed by atoms with van der Waals surface area (Å²) in [5.41, 5.74) is 1.16. The molecule has 1 saturated heterocycles. The van der Waals surface area contributed by atoms with Crippen molar-refractivity contribution >= 4 is 20.8 Å². The molecule has 0 aromatic heterocycles. The molecule has 0 unspecified atom stereocenters. The van der Waals surface area contributed by atoms with Crippen LogP contribution in [0.15, 0.2) is 71.6 Å². The first kappa shape index (κ1) is 18.9. The molecule has 1 N–H and O–H groups in total. The number of methoxy groups -OCH3 is 1. The number of rotatable bonds is 5. The highest BCUT2D eigenvalue weighted by molar-refractivity contribution is 7.89. The van der Waals surface area contributed by atoms with Gasteiger partial charge in [0.1, 0.15) is 12.3 Å². The minimum absolute atomic E-state index is 0.374. The van der Waals surface area contributed by atoms with E-state index < -0.39 is 10.0 Å². The number of ether oxygens (including phenoxy) is 1. The normalized spacial score (nSPS) is 16.3.